The van der Waals surface area contributed by atoms with Crippen LogP contribution < -0.4 is 21.5 Å². The Hall–Kier alpha value is -2.91. The van der Waals surface area contributed by atoms with Gasteiger partial charge in [0.1, 0.15) is 17.0 Å². The fourth-order valence-corrected chi connectivity index (χ4v) is 3.52. The van der Waals surface area contributed by atoms with Crippen molar-refractivity contribution >= 4 is 51.8 Å². The van der Waals surface area contributed by atoms with Crippen LogP contribution in [-0.4, -0.2) is 54.3 Å². The number of aliphatic imine (C=N–C) groups is 1. The number of amidine groups is 1. The summed E-state index contributed by atoms with van der Waals surface area (Å²) in [6, 6.07) is 3.42. The van der Waals surface area contributed by atoms with Gasteiger partial charge in [0.25, 0.3) is 0 Å². The SMILES string of the molecule is CC(C)(C)OC(=O)NC(=Nc1cc(CSCCC(N)=NS(N)(=O)=O)ccn1)NC(=O)OC(C)(C)C. The number of aromatic nitrogens is 1. The number of carbonyl (C=O) groups is 2. The Morgan fingerprint density at radius 1 is 1.09 bits per heavy atom. The smallest absolute Gasteiger partial charge is 0.414 e. The van der Waals surface area contributed by atoms with Crippen LogP contribution in [0.3, 0.4) is 0 Å². The predicted molar refractivity (Wildman–Crippen MR) is 136 cm³/mol. The van der Waals surface area contributed by atoms with Crippen LogP contribution in [0, 0.1) is 0 Å². The van der Waals surface area contributed by atoms with Gasteiger partial charge in [-0.1, -0.05) is 0 Å². The number of rotatable bonds is 7. The number of carbonyl (C=O) groups excluding carboxylic acids is 2. The molecular weight excluding hydrogens is 498 g/mol. The Kier molecular flexibility index (Phi) is 10.9. The van der Waals surface area contributed by atoms with E-state index in [1.807, 2.05) is 0 Å². The molecule has 196 valence electrons. The van der Waals surface area contributed by atoms with Crippen LogP contribution in [0.25, 0.3) is 0 Å². The molecule has 0 radical (unpaired) electrons. The van der Waals surface area contributed by atoms with Crippen molar-refractivity contribution in [3.63, 3.8) is 0 Å². The number of hydrogen-bond donors (Lipinski definition) is 4. The highest BCUT2D eigenvalue weighted by molar-refractivity contribution is 7.98. The van der Waals surface area contributed by atoms with Gasteiger partial charge in [0.2, 0.25) is 5.96 Å². The molecule has 0 bridgehead atoms. The Morgan fingerprint density at radius 3 is 2.11 bits per heavy atom. The zero-order valence-corrected chi connectivity index (χ0v) is 22.2. The normalized spacial score (nSPS) is 12.5. The number of guanidine groups is 1. The molecule has 0 unspecified atom stereocenters. The number of thioether (sulfide) groups is 1. The molecule has 1 aromatic heterocycles. The highest BCUT2D eigenvalue weighted by Gasteiger charge is 2.21. The summed E-state index contributed by atoms with van der Waals surface area (Å²) in [4.78, 5) is 32.8. The molecule has 1 heterocycles. The molecule has 0 fully saturated rings. The number of pyridine rings is 1. The van der Waals surface area contributed by atoms with Gasteiger partial charge in [0, 0.05) is 24.1 Å². The van der Waals surface area contributed by atoms with E-state index in [0.717, 1.165) is 5.56 Å². The average molecular weight is 532 g/mol. The number of amides is 2. The minimum absolute atomic E-state index is 0.0777. The largest absolute Gasteiger partial charge is 0.444 e. The topological polar surface area (TPSA) is 200 Å². The minimum atomic E-state index is -4.01. The van der Waals surface area contributed by atoms with Gasteiger partial charge in [-0.05, 0) is 59.2 Å². The first-order chi connectivity index (χ1) is 15.9. The molecule has 15 heteroatoms. The zero-order valence-electron chi connectivity index (χ0n) is 20.6. The molecular formula is C20H33N7O6S2. The minimum Gasteiger partial charge on any atom is -0.444 e. The summed E-state index contributed by atoms with van der Waals surface area (Å²) >= 11 is 1.47. The number of nitrogens with zero attached hydrogens (tertiary/aromatic N) is 3. The summed E-state index contributed by atoms with van der Waals surface area (Å²) < 4.78 is 35.5. The van der Waals surface area contributed by atoms with Crippen molar-refractivity contribution in [3.8, 4) is 0 Å². The van der Waals surface area contributed by atoms with Crippen LogP contribution in [0.15, 0.2) is 27.7 Å². The summed E-state index contributed by atoms with van der Waals surface area (Å²) in [5.41, 5.74) is 4.84. The lowest BCUT2D eigenvalue weighted by Gasteiger charge is -2.22. The molecule has 0 spiro atoms. The maximum atomic E-state index is 12.2. The molecule has 6 N–H and O–H groups in total. The fraction of sp³-hybridized carbons (Fsp3) is 0.550. The molecule has 13 nitrogen and oxygen atoms in total. The molecule has 2 amide bonds. The third-order valence-corrected chi connectivity index (χ3v) is 4.81. The molecule has 1 rings (SSSR count). The summed E-state index contributed by atoms with van der Waals surface area (Å²) in [5, 5.41) is 9.59. The Morgan fingerprint density at radius 2 is 1.63 bits per heavy atom. The third-order valence-electron chi connectivity index (χ3n) is 3.29. The van der Waals surface area contributed by atoms with E-state index in [2.05, 4.69) is 25.0 Å². The van der Waals surface area contributed by atoms with Crippen molar-refractivity contribution in [2.75, 3.05) is 5.75 Å². The summed E-state index contributed by atoms with van der Waals surface area (Å²) in [5.74, 6) is 0.934. The van der Waals surface area contributed by atoms with E-state index < -0.39 is 33.6 Å². The Bertz CT molecular complexity index is 1030. The summed E-state index contributed by atoms with van der Waals surface area (Å²) in [7, 11) is -4.01. The summed E-state index contributed by atoms with van der Waals surface area (Å²) in [6.07, 6.45) is 0.112. The van der Waals surface area contributed by atoms with Crippen molar-refractivity contribution < 1.29 is 27.5 Å². The number of nitrogens with one attached hydrogen (secondary N) is 2. The van der Waals surface area contributed by atoms with Crippen LogP contribution in [0.4, 0.5) is 15.4 Å². The molecule has 0 aliphatic heterocycles. The molecule has 35 heavy (non-hydrogen) atoms. The maximum absolute atomic E-state index is 12.2. The lowest BCUT2D eigenvalue weighted by atomic mass is 10.2. The lowest BCUT2D eigenvalue weighted by molar-refractivity contribution is 0.0545. The molecule has 0 aliphatic carbocycles. The standard InChI is InChI=1S/C20H33N7O6S2/c1-19(2,3)32-17(28)25-16(26-18(29)33-20(4,5)6)24-15-11-13(7-9-23-15)12-34-10-8-14(21)27-35(22,30)31/h7,9,11H,8,10,12H2,1-6H3,(H2,21,27)(H2,22,30,31)(H2,23,24,25,26,28,29). The first-order valence-corrected chi connectivity index (χ1v) is 13.1. The fourth-order valence-electron chi connectivity index (χ4n) is 2.19. The quantitative estimate of drug-likeness (QED) is 0.231. The zero-order chi connectivity index (χ0) is 26.9. The third kappa shape index (κ3) is 15.6. The lowest BCUT2D eigenvalue weighted by Crippen LogP contribution is -2.47. The van der Waals surface area contributed by atoms with E-state index in [0.29, 0.717) is 11.5 Å². The monoisotopic (exact) mass is 531 g/mol. The average Bonchev–Trinajstić information content (AvgIpc) is 2.60. The van der Waals surface area contributed by atoms with Gasteiger partial charge in [0.05, 0.1) is 0 Å². The van der Waals surface area contributed by atoms with E-state index in [9.17, 15) is 18.0 Å². The van der Waals surface area contributed by atoms with E-state index in [4.69, 9.17) is 20.3 Å². The van der Waals surface area contributed by atoms with Crippen LogP contribution in [-0.2, 0) is 25.4 Å². The number of alkyl carbamates (subject to hydrolysis) is 2. The van der Waals surface area contributed by atoms with E-state index in [-0.39, 0.29) is 24.0 Å². The highest BCUT2D eigenvalue weighted by Crippen LogP contribution is 2.17. The van der Waals surface area contributed by atoms with E-state index in [1.165, 1.54) is 18.0 Å². The van der Waals surface area contributed by atoms with Crippen LogP contribution >= 0.6 is 11.8 Å². The molecule has 1 aromatic rings. The first-order valence-electron chi connectivity index (χ1n) is 10.4. The second kappa shape index (κ2) is 12.7. The number of hydrogen-bond acceptors (Lipinski definition) is 9. The van der Waals surface area contributed by atoms with Crippen molar-refractivity contribution in [3.05, 3.63) is 23.9 Å². The Labute approximate surface area is 209 Å². The van der Waals surface area contributed by atoms with Gasteiger partial charge in [-0.25, -0.2) is 19.7 Å². The van der Waals surface area contributed by atoms with E-state index >= 15 is 0 Å². The molecule has 0 aliphatic rings. The van der Waals surface area contributed by atoms with Crippen molar-refractivity contribution in [1.29, 1.82) is 0 Å². The van der Waals surface area contributed by atoms with Crippen LogP contribution in [0.5, 0.6) is 0 Å². The molecule has 0 saturated carbocycles. The highest BCUT2D eigenvalue weighted by atomic mass is 32.2. The van der Waals surface area contributed by atoms with Gasteiger partial charge in [-0.3, -0.25) is 10.6 Å². The maximum Gasteiger partial charge on any atom is 0.414 e. The van der Waals surface area contributed by atoms with Gasteiger partial charge >= 0.3 is 22.4 Å². The van der Waals surface area contributed by atoms with Crippen molar-refractivity contribution in [2.45, 2.75) is 64.9 Å². The van der Waals surface area contributed by atoms with Crippen LogP contribution in [0.1, 0.15) is 53.5 Å². The summed E-state index contributed by atoms with van der Waals surface area (Å²) in [6.45, 7) is 10.2. The second-order valence-corrected chi connectivity index (χ2v) is 11.5. The Balaban J connectivity index is 2.93. The van der Waals surface area contributed by atoms with E-state index in [1.54, 1.807) is 53.7 Å². The van der Waals surface area contributed by atoms with Gasteiger partial charge < -0.3 is 15.2 Å². The van der Waals surface area contributed by atoms with Gasteiger partial charge in [0.15, 0.2) is 5.82 Å². The van der Waals surface area contributed by atoms with Crippen molar-refractivity contribution in [2.24, 2.45) is 20.3 Å². The van der Waals surface area contributed by atoms with Crippen LogP contribution in [0.2, 0.25) is 0 Å². The number of ether oxygens (including phenoxy) is 2. The predicted octanol–water partition coefficient (Wildman–Crippen LogP) is 2.30. The molecule has 0 aromatic carbocycles. The molecule has 0 saturated heterocycles. The second-order valence-electron chi connectivity index (χ2n) is 9.14. The van der Waals surface area contributed by atoms with Gasteiger partial charge in [-0.2, -0.15) is 25.2 Å². The first kappa shape index (κ1) is 30.1. The van der Waals surface area contributed by atoms with Gasteiger partial charge in [-0.15, -0.1) is 4.40 Å². The van der Waals surface area contributed by atoms with Crippen molar-refractivity contribution in [1.82, 2.24) is 15.6 Å². The number of nitrogens with two attached hydrogens (primary N) is 2. The molecule has 0 atom stereocenters.